The Kier molecular flexibility index (Phi) is 4.77. The Labute approximate surface area is 123 Å². The van der Waals surface area contributed by atoms with Gasteiger partial charge in [-0.05, 0) is 36.2 Å². The highest BCUT2D eigenvalue weighted by Gasteiger charge is 2.18. The van der Waals surface area contributed by atoms with Crippen LogP contribution >= 0.6 is 0 Å². The molecule has 4 nitrogen and oxygen atoms in total. The average molecular weight is 290 g/mol. The highest BCUT2D eigenvalue weighted by molar-refractivity contribution is 5.46. The lowest BCUT2D eigenvalue weighted by Gasteiger charge is -2.20. The lowest BCUT2D eigenvalue weighted by atomic mass is 9.97. The van der Waals surface area contributed by atoms with Gasteiger partial charge in [-0.2, -0.15) is 0 Å². The van der Waals surface area contributed by atoms with E-state index in [1.165, 1.54) is 6.07 Å². The number of nitrogens with one attached hydrogen (secondary N) is 1. The molecule has 0 bridgehead atoms. The monoisotopic (exact) mass is 290 g/mol. The Morgan fingerprint density at radius 1 is 1.10 bits per heavy atom. The minimum atomic E-state index is -0.374. The third-order valence-corrected chi connectivity index (χ3v) is 3.45. The van der Waals surface area contributed by atoms with E-state index in [0.29, 0.717) is 17.1 Å². The van der Waals surface area contributed by atoms with Crippen LogP contribution in [-0.2, 0) is 0 Å². The van der Waals surface area contributed by atoms with Crippen LogP contribution in [0, 0.1) is 12.7 Å². The van der Waals surface area contributed by atoms with E-state index in [-0.39, 0.29) is 11.9 Å². The molecule has 1 unspecified atom stereocenters. The molecule has 5 heteroatoms. The number of ether oxygens (including phenoxy) is 2. The number of hydrogen-bond donors (Lipinski definition) is 2. The standard InChI is InChI=1S/C16H19FN2O2/c1-10-4-5-11(8-14(10)17)16(19-18)13-7-6-12(20-2)9-15(13)21-3/h4-9,16,19H,18H2,1-3H3. The largest absolute Gasteiger partial charge is 0.497 e. The second-order valence-electron chi connectivity index (χ2n) is 4.72. The summed E-state index contributed by atoms with van der Waals surface area (Å²) in [7, 11) is 3.16. The van der Waals surface area contributed by atoms with Gasteiger partial charge in [-0.25, -0.2) is 9.82 Å². The molecule has 2 aromatic carbocycles. The maximum Gasteiger partial charge on any atom is 0.127 e. The van der Waals surface area contributed by atoms with Gasteiger partial charge >= 0.3 is 0 Å². The second kappa shape index (κ2) is 6.56. The fourth-order valence-corrected chi connectivity index (χ4v) is 2.21. The highest BCUT2D eigenvalue weighted by Crippen LogP contribution is 2.33. The summed E-state index contributed by atoms with van der Waals surface area (Å²) in [6.45, 7) is 1.72. The van der Waals surface area contributed by atoms with Crippen molar-refractivity contribution in [3.63, 3.8) is 0 Å². The number of methoxy groups -OCH3 is 2. The normalized spacial score (nSPS) is 12.0. The van der Waals surface area contributed by atoms with E-state index in [0.717, 1.165) is 11.1 Å². The molecule has 3 N–H and O–H groups in total. The number of nitrogens with two attached hydrogens (primary N) is 1. The van der Waals surface area contributed by atoms with E-state index < -0.39 is 0 Å². The van der Waals surface area contributed by atoms with Crippen LogP contribution in [0.5, 0.6) is 11.5 Å². The smallest absolute Gasteiger partial charge is 0.127 e. The van der Waals surface area contributed by atoms with Crippen molar-refractivity contribution >= 4 is 0 Å². The topological polar surface area (TPSA) is 56.5 Å². The van der Waals surface area contributed by atoms with Gasteiger partial charge in [0.1, 0.15) is 17.3 Å². The predicted molar refractivity (Wildman–Crippen MR) is 79.8 cm³/mol. The zero-order valence-corrected chi connectivity index (χ0v) is 12.3. The Hall–Kier alpha value is -2.11. The van der Waals surface area contributed by atoms with Crippen LogP contribution in [0.2, 0.25) is 0 Å². The SMILES string of the molecule is COc1ccc(C(NN)c2ccc(C)c(F)c2)c(OC)c1. The number of halogens is 1. The van der Waals surface area contributed by atoms with Gasteiger partial charge in [0, 0.05) is 11.6 Å². The highest BCUT2D eigenvalue weighted by atomic mass is 19.1. The number of benzene rings is 2. The summed E-state index contributed by atoms with van der Waals surface area (Å²) in [6, 6.07) is 10.1. The third kappa shape index (κ3) is 3.15. The first-order valence-corrected chi connectivity index (χ1v) is 6.54. The van der Waals surface area contributed by atoms with Gasteiger partial charge in [-0.3, -0.25) is 5.84 Å². The van der Waals surface area contributed by atoms with Crippen molar-refractivity contribution < 1.29 is 13.9 Å². The van der Waals surface area contributed by atoms with Crippen molar-refractivity contribution in [1.29, 1.82) is 0 Å². The van der Waals surface area contributed by atoms with Crippen molar-refractivity contribution in [2.24, 2.45) is 5.84 Å². The quantitative estimate of drug-likeness (QED) is 0.656. The van der Waals surface area contributed by atoms with Crippen LogP contribution in [0.4, 0.5) is 4.39 Å². The maximum absolute atomic E-state index is 13.8. The van der Waals surface area contributed by atoms with Crippen LogP contribution in [0.25, 0.3) is 0 Å². The summed E-state index contributed by atoms with van der Waals surface area (Å²) in [4.78, 5) is 0. The summed E-state index contributed by atoms with van der Waals surface area (Å²) in [5, 5.41) is 0. The van der Waals surface area contributed by atoms with Gasteiger partial charge in [-0.1, -0.05) is 12.1 Å². The molecule has 0 aromatic heterocycles. The number of aryl methyl sites for hydroxylation is 1. The minimum absolute atomic E-state index is 0.264. The molecule has 21 heavy (non-hydrogen) atoms. The lowest BCUT2D eigenvalue weighted by Crippen LogP contribution is -2.29. The molecule has 0 fully saturated rings. The summed E-state index contributed by atoms with van der Waals surface area (Å²) in [5.74, 6) is 6.70. The molecule has 1 atom stereocenters. The number of hydrogen-bond acceptors (Lipinski definition) is 4. The number of rotatable bonds is 5. The molecule has 0 heterocycles. The fourth-order valence-electron chi connectivity index (χ4n) is 2.21. The lowest BCUT2D eigenvalue weighted by molar-refractivity contribution is 0.387. The Balaban J connectivity index is 2.47. The van der Waals surface area contributed by atoms with Crippen LogP contribution < -0.4 is 20.7 Å². The molecular formula is C16H19FN2O2. The van der Waals surface area contributed by atoms with Crippen molar-refractivity contribution in [3.8, 4) is 11.5 Å². The molecule has 0 aliphatic rings. The van der Waals surface area contributed by atoms with Crippen LogP contribution in [0.1, 0.15) is 22.7 Å². The summed E-state index contributed by atoms with van der Waals surface area (Å²) in [6.07, 6.45) is 0. The summed E-state index contributed by atoms with van der Waals surface area (Å²) >= 11 is 0. The van der Waals surface area contributed by atoms with Crippen LogP contribution in [0.15, 0.2) is 36.4 Å². The Morgan fingerprint density at radius 2 is 1.86 bits per heavy atom. The van der Waals surface area contributed by atoms with Crippen molar-refractivity contribution in [3.05, 3.63) is 58.9 Å². The molecule has 2 rings (SSSR count). The molecule has 0 amide bonds. The van der Waals surface area contributed by atoms with E-state index in [1.54, 1.807) is 33.3 Å². The maximum atomic E-state index is 13.8. The first-order valence-electron chi connectivity index (χ1n) is 6.54. The molecular weight excluding hydrogens is 271 g/mol. The van der Waals surface area contributed by atoms with Gasteiger partial charge in [-0.15, -0.1) is 0 Å². The van der Waals surface area contributed by atoms with E-state index in [9.17, 15) is 4.39 Å². The van der Waals surface area contributed by atoms with Gasteiger partial charge in [0.15, 0.2) is 0 Å². The summed E-state index contributed by atoms with van der Waals surface area (Å²) in [5.41, 5.74) is 4.84. The van der Waals surface area contributed by atoms with Gasteiger partial charge in [0.2, 0.25) is 0 Å². The van der Waals surface area contributed by atoms with Crippen LogP contribution in [-0.4, -0.2) is 14.2 Å². The first kappa shape index (κ1) is 15.3. The van der Waals surface area contributed by atoms with Crippen molar-refractivity contribution in [2.75, 3.05) is 14.2 Å². The van der Waals surface area contributed by atoms with Gasteiger partial charge in [0.25, 0.3) is 0 Å². The van der Waals surface area contributed by atoms with Crippen molar-refractivity contribution in [2.45, 2.75) is 13.0 Å². The molecule has 0 saturated heterocycles. The average Bonchev–Trinajstić information content (AvgIpc) is 2.51. The molecule has 0 aliphatic carbocycles. The van der Waals surface area contributed by atoms with E-state index in [2.05, 4.69) is 5.43 Å². The fraction of sp³-hybridized carbons (Fsp3) is 0.250. The van der Waals surface area contributed by atoms with E-state index in [1.807, 2.05) is 18.2 Å². The van der Waals surface area contributed by atoms with Crippen LogP contribution in [0.3, 0.4) is 0 Å². The molecule has 2 aromatic rings. The summed E-state index contributed by atoms with van der Waals surface area (Å²) < 4.78 is 24.3. The molecule has 0 saturated carbocycles. The molecule has 0 aliphatic heterocycles. The van der Waals surface area contributed by atoms with E-state index >= 15 is 0 Å². The zero-order chi connectivity index (χ0) is 15.4. The molecule has 112 valence electrons. The molecule has 0 radical (unpaired) electrons. The first-order chi connectivity index (χ1) is 10.1. The minimum Gasteiger partial charge on any atom is -0.497 e. The second-order valence-corrected chi connectivity index (χ2v) is 4.72. The zero-order valence-electron chi connectivity index (χ0n) is 12.3. The van der Waals surface area contributed by atoms with Gasteiger partial charge in [0.05, 0.1) is 20.3 Å². The molecule has 0 spiro atoms. The van der Waals surface area contributed by atoms with E-state index in [4.69, 9.17) is 15.3 Å². The predicted octanol–water partition coefficient (Wildman–Crippen LogP) is 2.70. The Bertz CT molecular complexity index is 632. The number of hydrazine groups is 1. The van der Waals surface area contributed by atoms with Gasteiger partial charge < -0.3 is 9.47 Å². The Morgan fingerprint density at radius 3 is 2.43 bits per heavy atom. The third-order valence-electron chi connectivity index (χ3n) is 3.45. The van der Waals surface area contributed by atoms with Crippen molar-refractivity contribution in [1.82, 2.24) is 5.43 Å².